The van der Waals surface area contributed by atoms with E-state index in [2.05, 4.69) is 67.5 Å². The van der Waals surface area contributed by atoms with Crippen molar-refractivity contribution in [2.75, 3.05) is 0 Å². The fourth-order valence-electron chi connectivity index (χ4n) is 2.54. The van der Waals surface area contributed by atoms with E-state index in [1.807, 2.05) is 0 Å². The molecule has 126 valence electrons. The quantitative estimate of drug-likeness (QED) is 0.723. The minimum atomic E-state index is -0.304. The Morgan fingerprint density at radius 1 is 0.609 bits per heavy atom. The summed E-state index contributed by atoms with van der Waals surface area (Å²) in [4.78, 5) is 0. The Morgan fingerprint density at radius 2 is 0.870 bits per heavy atom. The van der Waals surface area contributed by atoms with E-state index < -0.39 is 0 Å². The van der Waals surface area contributed by atoms with Crippen molar-refractivity contribution in [2.45, 2.75) is 77.8 Å². The molecule has 0 N–H and O–H groups in total. The van der Waals surface area contributed by atoms with Crippen LogP contribution >= 0.6 is 0 Å². The van der Waals surface area contributed by atoms with Gasteiger partial charge in [0.25, 0.3) is 0 Å². The average molecular weight is 383 g/mol. The molecule has 0 bridgehead atoms. The molecule has 0 aliphatic carbocycles. The zero-order chi connectivity index (χ0) is 17.3. The molecule has 3 heterocycles. The first-order valence-electron chi connectivity index (χ1n) is 8.16. The van der Waals surface area contributed by atoms with Crippen molar-refractivity contribution in [1.82, 2.24) is 0 Å². The summed E-state index contributed by atoms with van der Waals surface area (Å²) >= 11 is 0.127. The van der Waals surface area contributed by atoms with Crippen LogP contribution in [0.2, 0.25) is 0 Å². The Kier molecular flexibility index (Phi) is 4.04. The van der Waals surface area contributed by atoms with Gasteiger partial charge < -0.3 is 0 Å². The van der Waals surface area contributed by atoms with E-state index in [9.17, 15) is 0 Å². The summed E-state index contributed by atoms with van der Waals surface area (Å²) in [5, 5.41) is 0. The fourth-order valence-corrected chi connectivity index (χ4v) is 4.49. The molecule has 0 unspecified atom stereocenters. The third kappa shape index (κ3) is 2.90. The molecule has 2 saturated heterocycles. The SMILES string of the molecule is CC1(C)OB(c2ccc(B3OC(C)(C)C(C)(C)O3)[se]2)OC1(C)C. The Balaban J connectivity index is 1.78. The first-order valence-corrected chi connectivity index (χ1v) is 9.87. The molecule has 2 fully saturated rings. The van der Waals surface area contributed by atoms with Crippen molar-refractivity contribution in [3.63, 3.8) is 0 Å². The van der Waals surface area contributed by atoms with Gasteiger partial charge in [0, 0.05) is 0 Å². The molecule has 7 heteroatoms. The molecule has 0 aromatic carbocycles. The average Bonchev–Trinajstić information content (AvgIpc) is 2.96. The molecular weight excluding hydrogens is 357 g/mol. The summed E-state index contributed by atoms with van der Waals surface area (Å²) in [6.45, 7) is 16.7. The number of rotatable bonds is 2. The second kappa shape index (κ2) is 5.23. The predicted octanol–water partition coefficient (Wildman–Crippen LogP) is 1.34. The Labute approximate surface area is 146 Å². The molecule has 1 aromatic heterocycles. The van der Waals surface area contributed by atoms with Gasteiger partial charge in [-0.05, 0) is 0 Å². The topological polar surface area (TPSA) is 36.9 Å². The van der Waals surface area contributed by atoms with E-state index in [-0.39, 0.29) is 51.1 Å². The third-order valence-electron chi connectivity index (χ3n) is 5.62. The Bertz CT molecular complexity index is 526. The molecule has 0 spiro atoms. The maximum atomic E-state index is 6.15. The fraction of sp³-hybridized carbons (Fsp3) is 0.750. The molecule has 23 heavy (non-hydrogen) atoms. The van der Waals surface area contributed by atoms with Gasteiger partial charge in [0.1, 0.15) is 0 Å². The summed E-state index contributed by atoms with van der Waals surface area (Å²) in [7, 11) is -0.535. The molecule has 4 nitrogen and oxygen atoms in total. The van der Waals surface area contributed by atoms with Crippen molar-refractivity contribution in [2.24, 2.45) is 0 Å². The monoisotopic (exact) mass is 384 g/mol. The minimum absolute atomic E-state index is 0.127. The van der Waals surface area contributed by atoms with Crippen LogP contribution in [0.15, 0.2) is 12.1 Å². The third-order valence-corrected chi connectivity index (χ3v) is 7.99. The molecule has 2 aliphatic heterocycles. The van der Waals surface area contributed by atoms with Crippen LogP contribution in [-0.2, 0) is 18.6 Å². The van der Waals surface area contributed by atoms with Crippen molar-refractivity contribution in [3.8, 4) is 0 Å². The number of hydrogen-bond donors (Lipinski definition) is 0. The zero-order valence-electron chi connectivity index (χ0n) is 15.4. The van der Waals surface area contributed by atoms with Crippen LogP contribution in [0.1, 0.15) is 55.4 Å². The van der Waals surface area contributed by atoms with Gasteiger partial charge >= 0.3 is 146 Å². The summed E-state index contributed by atoms with van der Waals surface area (Å²) in [6.07, 6.45) is 0. The van der Waals surface area contributed by atoms with Crippen LogP contribution in [0.4, 0.5) is 0 Å². The first kappa shape index (κ1) is 17.8. The van der Waals surface area contributed by atoms with Crippen molar-refractivity contribution < 1.29 is 18.6 Å². The molecule has 3 rings (SSSR count). The molecule has 2 aliphatic rings. The molecular formula is C16H26B2O4Se. The summed E-state index contributed by atoms with van der Waals surface area (Å²) in [5.74, 6) is 0. The molecule has 0 radical (unpaired) electrons. The summed E-state index contributed by atoms with van der Waals surface area (Å²) < 4.78 is 27.0. The van der Waals surface area contributed by atoms with Gasteiger partial charge in [0.2, 0.25) is 0 Å². The number of hydrogen-bond acceptors (Lipinski definition) is 4. The van der Waals surface area contributed by atoms with Crippen LogP contribution in [0.25, 0.3) is 0 Å². The Morgan fingerprint density at radius 3 is 1.13 bits per heavy atom. The normalized spacial score (nSPS) is 27.7. The van der Waals surface area contributed by atoms with Gasteiger partial charge in [-0.25, -0.2) is 0 Å². The van der Waals surface area contributed by atoms with E-state index in [0.29, 0.717) is 0 Å². The first-order chi connectivity index (χ1) is 10.3. The van der Waals surface area contributed by atoms with Crippen LogP contribution in [-0.4, -0.2) is 51.1 Å². The zero-order valence-corrected chi connectivity index (χ0v) is 17.1. The molecule has 0 atom stereocenters. The standard InChI is InChI=1S/C16H26B2O4Se/c1-13(2)14(3,4)20-17(19-13)11-9-10-12(23-11)18-21-15(5,6)16(7,8)22-18/h9-10H,1-8H3. The van der Waals surface area contributed by atoms with Gasteiger partial charge in [-0.3, -0.25) is 0 Å². The van der Waals surface area contributed by atoms with Gasteiger partial charge in [0.05, 0.1) is 0 Å². The molecule has 1 aromatic rings. The van der Waals surface area contributed by atoms with E-state index in [4.69, 9.17) is 18.6 Å². The van der Waals surface area contributed by atoms with Crippen molar-refractivity contribution >= 4 is 37.4 Å². The Hall–Kier alpha value is -0.0306. The van der Waals surface area contributed by atoms with Crippen LogP contribution in [0.5, 0.6) is 0 Å². The van der Waals surface area contributed by atoms with Gasteiger partial charge in [-0.15, -0.1) is 0 Å². The molecule has 0 saturated carbocycles. The van der Waals surface area contributed by atoms with Crippen molar-refractivity contribution in [1.29, 1.82) is 0 Å². The predicted molar refractivity (Wildman–Crippen MR) is 94.8 cm³/mol. The van der Waals surface area contributed by atoms with E-state index in [1.165, 1.54) is 8.67 Å². The van der Waals surface area contributed by atoms with Gasteiger partial charge in [-0.2, -0.15) is 0 Å². The van der Waals surface area contributed by atoms with Crippen LogP contribution < -0.4 is 8.67 Å². The summed E-state index contributed by atoms with van der Waals surface area (Å²) in [5.41, 5.74) is -1.22. The molecule has 0 amide bonds. The van der Waals surface area contributed by atoms with E-state index >= 15 is 0 Å². The maximum absolute atomic E-state index is 6.15. The van der Waals surface area contributed by atoms with Crippen LogP contribution in [0.3, 0.4) is 0 Å². The van der Waals surface area contributed by atoms with Gasteiger partial charge in [-0.1, -0.05) is 0 Å². The second-order valence-corrected chi connectivity index (χ2v) is 10.8. The second-order valence-electron chi connectivity index (χ2n) is 8.42. The van der Waals surface area contributed by atoms with E-state index in [1.54, 1.807) is 0 Å². The van der Waals surface area contributed by atoms with Crippen molar-refractivity contribution in [3.05, 3.63) is 12.1 Å². The summed E-state index contributed by atoms with van der Waals surface area (Å²) in [6, 6.07) is 4.23. The van der Waals surface area contributed by atoms with E-state index in [0.717, 1.165) is 0 Å². The van der Waals surface area contributed by atoms with Crippen LogP contribution in [0, 0.1) is 0 Å². The van der Waals surface area contributed by atoms with Gasteiger partial charge in [0.15, 0.2) is 0 Å².